The SMILES string of the molecule is N#Cc1cc(C#N)c(-n2c3ccccc3c3c4c(ccc32)oc2ccccc24)cc1-n1c2ccccc2c2c3c(ccc21)oc1ccccc13. The van der Waals surface area contributed by atoms with E-state index < -0.39 is 0 Å². The normalized spacial score (nSPS) is 12.0. The lowest BCUT2D eigenvalue weighted by Crippen LogP contribution is -2.04. The van der Waals surface area contributed by atoms with Crippen LogP contribution in [-0.4, -0.2) is 9.13 Å². The van der Waals surface area contributed by atoms with E-state index in [9.17, 15) is 10.5 Å². The third-order valence-corrected chi connectivity index (χ3v) is 10.2. The van der Waals surface area contributed by atoms with E-state index >= 15 is 0 Å². The second-order valence-corrected chi connectivity index (χ2v) is 12.7. The van der Waals surface area contributed by atoms with Crippen molar-refractivity contribution in [1.82, 2.24) is 9.13 Å². The van der Waals surface area contributed by atoms with Gasteiger partial charge in [-0.3, -0.25) is 0 Å². The third kappa shape index (κ3) is 3.34. The first-order valence-electron chi connectivity index (χ1n) is 16.4. The van der Waals surface area contributed by atoms with Crippen LogP contribution in [0, 0.1) is 22.7 Å². The summed E-state index contributed by atoms with van der Waals surface area (Å²) in [6.45, 7) is 0. The van der Waals surface area contributed by atoms with Gasteiger partial charge in [-0.25, -0.2) is 0 Å². The summed E-state index contributed by atoms with van der Waals surface area (Å²) in [7, 11) is 0. The summed E-state index contributed by atoms with van der Waals surface area (Å²) < 4.78 is 16.9. The van der Waals surface area contributed by atoms with Crippen LogP contribution in [0.4, 0.5) is 0 Å². The molecule has 0 N–H and O–H groups in total. The topological polar surface area (TPSA) is 83.7 Å². The molecule has 11 aromatic rings. The van der Waals surface area contributed by atoms with Gasteiger partial charge >= 0.3 is 0 Å². The molecule has 7 aromatic carbocycles. The second kappa shape index (κ2) is 9.64. The molecule has 0 aliphatic rings. The van der Waals surface area contributed by atoms with E-state index in [1.54, 1.807) is 6.07 Å². The first-order valence-corrected chi connectivity index (χ1v) is 16.4. The van der Waals surface area contributed by atoms with Crippen molar-refractivity contribution in [2.45, 2.75) is 0 Å². The Morgan fingerprint density at radius 2 is 0.800 bits per heavy atom. The highest BCUT2D eigenvalue weighted by atomic mass is 16.3. The fraction of sp³-hybridized carbons (Fsp3) is 0. The Morgan fingerprint density at radius 3 is 1.26 bits per heavy atom. The lowest BCUT2D eigenvalue weighted by atomic mass is 10.0. The van der Waals surface area contributed by atoms with Crippen molar-refractivity contribution in [2.24, 2.45) is 0 Å². The molecule has 0 radical (unpaired) electrons. The van der Waals surface area contributed by atoms with Crippen LogP contribution in [0.15, 0.2) is 142 Å². The van der Waals surface area contributed by atoms with Gasteiger partial charge in [0, 0.05) is 43.1 Å². The average Bonchev–Trinajstić information content (AvgIpc) is 3.91. The molecular formula is C44H22N4O2. The van der Waals surface area contributed by atoms with Crippen LogP contribution >= 0.6 is 0 Å². The van der Waals surface area contributed by atoms with Crippen molar-refractivity contribution in [2.75, 3.05) is 0 Å². The quantitative estimate of drug-likeness (QED) is 0.189. The number of hydrogen-bond acceptors (Lipinski definition) is 4. The van der Waals surface area contributed by atoms with Crippen LogP contribution in [0.3, 0.4) is 0 Å². The Kier molecular flexibility index (Phi) is 5.16. The Bertz CT molecular complexity index is 3130. The molecule has 0 saturated carbocycles. The second-order valence-electron chi connectivity index (χ2n) is 12.7. The molecule has 0 aliphatic heterocycles. The molecule has 0 aliphatic carbocycles. The van der Waals surface area contributed by atoms with E-state index in [0.717, 1.165) is 87.5 Å². The van der Waals surface area contributed by atoms with Gasteiger partial charge in [0.15, 0.2) is 0 Å². The highest BCUT2D eigenvalue weighted by molar-refractivity contribution is 6.28. The Morgan fingerprint density at radius 1 is 0.380 bits per heavy atom. The Hall–Kier alpha value is -7.28. The largest absolute Gasteiger partial charge is 0.456 e. The lowest BCUT2D eigenvalue weighted by molar-refractivity contribution is 0.669. The summed E-state index contributed by atoms with van der Waals surface area (Å²) in [5.41, 5.74) is 9.31. The zero-order valence-electron chi connectivity index (χ0n) is 26.3. The Labute approximate surface area is 283 Å². The molecule has 0 atom stereocenters. The molecule has 0 saturated heterocycles. The van der Waals surface area contributed by atoms with Gasteiger partial charge in [-0.05, 0) is 60.7 Å². The van der Waals surface area contributed by atoms with Crippen LogP contribution < -0.4 is 0 Å². The standard InChI is InChI=1S/C44H22N4O2/c45-23-25-21-26(24-46)36(48-32-14-6-2-10-28(32)42-34(48)18-20-40-44(42)30-12-4-8-16-38(30)50-40)22-35(25)47-31-13-5-1-9-27(31)41-33(47)17-19-39-43(41)29-11-3-7-15-37(29)49-39/h1-22H. The van der Waals surface area contributed by atoms with Gasteiger partial charge in [0.25, 0.3) is 0 Å². The molecule has 230 valence electrons. The summed E-state index contributed by atoms with van der Waals surface area (Å²) in [5, 5.41) is 29.6. The van der Waals surface area contributed by atoms with Crippen LogP contribution in [0.25, 0.3) is 98.9 Å². The predicted octanol–water partition coefficient (Wildman–Crippen LogP) is 11.4. The summed E-state index contributed by atoms with van der Waals surface area (Å²) in [6, 6.07) is 49.5. The summed E-state index contributed by atoms with van der Waals surface area (Å²) in [6.07, 6.45) is 0. The summed E-state index contributed by atoms with van der Waals surface area (Å²) >= 11 is 0. The van der Waals surface area contributed by atoms with E-state index in [1.807, 2.05) is 78.9 Å². The van der Waals surface area contributed by atoms with E-state index in [1.165, 1.54) is 0 Å². The first kappa shape index (κ1) is 26.8. The molecule has 0 bridgehead atoms. The minimum absolute atomic E-state index is 0.411. The minimum Gasteiger partial charge on any atom is -0.456 e. The van der Waals surface area contributed by atoms with Crippen LogP contribution in [-0.2, 0) is 0 Å². The van der Waals surface area contributed by atoms with Crippen molar-refractivity contribution in [3.05, 3.63) is 145 Å². The van der Waals surface area contributed by atoms with Gasteiger partial charge in [0.05, 0.1) is 44.6 Å². The van der Waals surface area contributed by atoms with Gasteiger partial charge in [-0.2, -0.15) is 10.5 Å². The highest BCUT2D eigenvalue weighted by Gasteiger charge is 2.24. The molecule has 4 aromatic heterocycles. The monoisotopic (exact) mass is 638 g/mol. The molecule has 6 heteroatoms. The maximum atomic E-state index is 10.6. The van der Waals surface area contributed by atoms with Crippen LogP contribution in [0.1, 0.15) is 11.1 Å². The first-order chi connectivity index (χ1) is 24.7. The number of nitrogens with zero attached hydrogens (tertiary/aromatic N) is 4. The smallest absolute Gasteiger partial charge is 0.136 e. The number of para-hydroxylation sites is 4. The number of rotatable bonds is 2. The van der Waals surface area contributed by atoms with Gasteiger partial charge in [0.1, 0.15) is 34.5 Å². The number of hydrogen-bond donors (Lipinski definition) is 0. The average molecular weight is 639 g/mol. The predicted molar refractivity (Wildman–Crippen MR) is 199 cm³/mol. The molecule has 0 amide bonds. The maximum Gasteiger partial charge on any atom is 0.136 e. The van der Waals surface area contributed by atoms with Gasteiger partial charge < -0.3 is 18.0 Å². The fourth-order valence-corrected chi connectivity index (χ4v) is 8.19. The van der Waals surface area contributed by atoms with Crippen molar-refractivity contribution in [3.63, 3.8) is 0 Å². The van der Waals surface area contributed by atoms with Crippen molar-refractivity contribution in [1.29, 1.82) is 10.5 Å². The molecule has 0 fully saturated rings. The number of aromatic nitrogens is 2. The van der Waals surface area contributed by atoms with Gasteiger partial charge in [-0.15, -0.1) is 0 Å². The summed E-state index contributed by atoms with van der Waals surface area (Å²) in [4.78, 5) is 0. The van der Waals surface area contributed by atoms with Crippen molar-refractivity contribution in [3.8, 4) is 23.5 Å². The highest BCUT2D eigenvalue weighted by Crippen LogP contribution is 2.44. The van der Waals surface area contributed by atoms with Crippen LogP contribution in [0.2, 0.25) is 0 Å². The molecular weight excluding hydrogens is 617 g/mol. The molecule has 6 nitrogen and oxygen atoms in total. The zero-order valence-corrected chi connectivity index (χ0v) is 26.3. The molecule has 0 spiro atoms. The van der Waals surface area contributed by atoms with E-state index in [0.29, 0.717) is 22.5 Å². The fourth-order valence-electron chi connectivity index (χ4n) is 8.19. The molecule has 11 rings (SSSR count). The lowest BCUT2D eigenvalue weighted by Gasteiger charge is -2.16. The van der Waals surface area contributed by atoms with Crippen molar-refractivity contribution >= 4 is 87.5 Å². The Balaban J connectivity index is 1.29. The molecule has 0 unspecified atom stereocenters. The third-order valence-electron chi connectivity index (χ3n) is 10.2. The van der Waals surface area contributed by atoms with E-state index in [-0.39, 0.29) is 0 Å². The number of nitriles is 2. The number of benzene rings is 7. The zero-order chi connectivity index (χ0) is 33.1. The maximum absolute atomic E-state index is 10.6. The van der Waals surface area contributed by atoms with Crippen molar-refractivity contribution < 1.29 is 8.83 Å². The van der Waals surface area contributed by atoms with Crippen LogP contribution in [0.5, 0.6) is 0 Å². The van der Waals surface area contributed by atoms with Gasteiger partial charge in [-0.1, -0.05) is 72.8 Å². The van der Waals surface area contributed by atoms with E-state index in [2.05, 4.69) is 69.8 Å². The minimum atomic E-state index is 0.411. The number of furan rings is 2. The van der Waals surface area contributed by atoms with E-state index in [4.69, 9.17) is 8.83 Å². The summed E-state index contributed by atoms with van der Waals surface area (Å²) in [5.74, 6) is 0. The number of fused-ring (bicyclic) bond motifs is 14. The van der Waals surface area contributed by atoms with Gasteiger partial charge in [0.2, 0.25) is 0 Å². The molecule has 4 heterocycles. The molecule has 50 heavy (non-hydrogen) atoms.